The first-order valence-electron chi connectivity index (χ1n) is 8.32. The molecule has 0 bridgehead atoms. The van der Waals surface area contributed by atoms with Crippen LogP contribution in [0.2, 0.25) is 0 Å². The smallest absolute Gasteiger partial charge is 0.275 e. The van der Waals surface area contributed by atoms with E-state index in [-0.39, 0.29) is 18.4 Å². The number of pyridine rings is 1. The van der Waals surface area contributed by atoms with E-state index >= 15 is 0 Å². The molecule has 0 atom stereocenters. The maximum absolute atomic E-state index is 12.4. The summed E-state index contributed by atoms with van der Waals surface area (Å²) in [5.41, 5.74) is 1.79. The first-order valence-corrected chi connectivity index (χ1v) is 9.20. The maximum Gasteiger partial charge on any atom is 0.275 e. The van der Waals surface area contributed by atoms with Crippen molar-refractivity contribution in [2.45, 2.75) is 0 Å². The number of aromatic nitrogens is 4. The van der Waals surface area contributed by atoms with E-state index in [0.29, 0.717) is 30.3 Å². The van der Waals surface area contributed by atoms with Crippen molar-refractivity contribution in [1.29, 1.82) is 0 Å². The molecule has 0 unspecified atom stereocenters. The number of hydrogen-bond acceptors (Lipinski definition) is 7. The van der Waals surface area contributed by atoms with Crippen LogP contribution in [0.1, 0.15) is 10.5 Å². The molecule has 1 aliphatic rings. The van der Waals surface area contributed by atoms with Gasteiger partial charge in [-0.25, -0.2) is 9.97 Å². The molecule has 2 amide bonds. The van der Waals surface area contributed by atoms with Crippen LogP contribution in [-0.2, 0) is 11.8 Å². The molecule has 9 nitrogen and oxygen atoms in total. The second-order valence-corrected chi connectivity index (χ2v) is 6.93. The Bertz CT molecular complexity index is 979. The SMILES string of the molecule is Cn1cc(-c2nc(C(=O)Nc3ccc(N4CCNC(=O)C4)nc3)cs2)cn1. The highest BCUT2D eigenvalue weighted by Crippen LogP contribution is 2.23. The molecule has 4 heterocycles. The van der Waals surface area contributed by atoms with Crippen LogP contribution < -0.4 is 15.5 Å². The Morgan fingerprint density at radius 3 is 2.93 bits per heavy atom. The Morgan fingerprint density at radius 1 is 1.33 bits per heavy atom. The summed E-state index contributed by atoms with van der Waals surface area (Å²) in [6.07, 6.45) is 5.14. The number of thiazole rings is 1. The molecule has 10 heteroatoms. The number of rotatable bonds is 4. The van der Waals surface area contributed by atoms with E-state index in [1.165, 1.54) is 11.3 Å². The zero-order valence-electron chi connectivity index (χ0n) is 14.5. The third-order valence-corrected chi connectivity index (χ3v) is 4.95. The van der Waals surface area contributed by atoms with Gasteiger partial charge in [-0.3, -0.25) is 14.3 Å². The van der Waals surface area contributed by atoms with Gasteiger partial charge in [0, 0.05) is 37.3 Å². The van der Waals surface area contributed by atoms with Gasteiger partial charge in [0.05, 0.1) is 24.6 Å². The molecule has 0 spiro atoms. The minimum absolute atomic E-state index is 0.0200. The third kappa shape index (κ3) is 3.80. The normalized spacial score (nSPS) is 14.1. The second kappa shape index (κ2) is 7.16. The molecule has 4 rings (SSSR count). The molecule has 1 aliphatic heterocycles. The molecule has 138 valence electrons. The van der Waals surface area contributed by atoms with Gasteiger partial charge >= 0.3 is 0 Å². The summed E-state index contributed by atoms with van der Waals surface area (Å²) < 4.78 is 1.69. The summed E-state index contributed by atoms with van der Waals surface area (Å²) in [7, 11) is 1.83. The number of hydrogen-bond donors (Lipinski definition) is 2. The van der Waals surface area contributed by atoms with Crippen LogP contribution in [-0.4, -0.2) is 51.2 Å². The van der Waals surface area contributed by atoms with Crippen molar-refractivity contribution in [3.63, 3.8) is 0 Å². The minimum atomic E-state index is -0.298. The Labute approximate surface area is 159 Å². The highest BCUT2D eigenvalue weighted by atomic mass is 32.1. The van der Waals surface area contributed by atoms with Crippen LogP contribution >= 0.6 is 11.3 Å². The van der Waals surface area contributed by atoms with Crippen molar-refractivity contribution in [2.24, 2.45) is 7.05 Å². The number of carbonyl (C=O) groups excluding carboxylic acids is 2. The molecule has 0 radical (unpaired) electrons. The molecule has 3 aromatic heterocycles. The fraction of sp³-hybridized carbons (Fsp3) is 0.235. The van der Waals surface area contributed by atoms with Gasteiger partial charge in [0.25, 0.3) is 5.91 Å². The quantitative estimate of drug-likeness (QED) is 0.700. The Morgan fingerprint density at radius 2 is 2.22 bits per heavy atom. The summed E-state index contributed by atoms with van der Waals surface area (Å²) in [5.74, 6) is 0.386. The summed E-state index contributed by atoms with van der Waals surface area (Å²) in [4.78, 5) is 34.5. The van der Waals surface area contributed by atoms with Crippen molar-refractivity contribution in [2.75, 3.05) is 29.9 Å². The lowest BCUT2D eigenvalue weighted by atomic mass is 10.3. The highest BCUT2D eigenvalue weighted by molar-refractivity contribution is 7.13. The first kappa shape index (κ1) is 17.2. The average molecular weight is 383 g/mol. The monoisotopic (exact) mass is 383 g/mol. The molecule has 0 saturated carbocycles. The molecule has 1 saturated heterocycles. The van der Waals surface area contributed by atoms with Gasteiger partial charge in [-0.15, -0.1) is 11.3 Å². The topological polar surface area (TPSA) is 105 Å². The highest BCUT2D eigenvalue weighted by Gasteiger charge is 2.18. The van der Waals surface area contributed by atoms with Crippen LogP contribution in [0.4, 0.5) is 11.5 Å². The second-order valence-electron chi connectivity index (χ2n) is 6.07. The summed E-state index contributed by atoms with van der Waals surface area (Å²) in [5, 5.41) is 12.1. The molecular weight excluding hydrogens is 366 g/mol. The molecule has 0 aliphatic carbocycles. The third-order valence-electron chi connectivity index (χ3n) is 4.06. The van der Waals surface area contributed by atoms with Gasteiger partial charge in [0.2, 0.25) is 5.91 Å². The molecule has 27 heavy (non-hydrogen) atoms. The lowest BCUT2D eigenvalue weighted by Crippen LogP contribution is -2.48. The van der Waals surface area contributed by atoms with Crippen molar-refractivity contribution in [1.82, 2.24) is 25.1 Å². The number of nitrogens with one attached hydrogen (secondary N) is 2. The van der Waals surface area contributed by atoms with E-state index in [1.807, 2.05) is 18.1 Å². The predicted octanol–water partition coefficient (Wildman–Crippen LogP) is 1.13. The number of anilines is 2. The summed E-state index contributed by atoms with van der Waals surface area (Å²) >= 11 is 1.39. The summed E-state index contributed by atoms with van der Waals surface area (Å²) in [6, 6.07) is 3.55. The van der Waals surface area contributed by atoms with Crippen LogP contribution in [0.25, 0.3) is 10.6 Å². The lowest BCUT2D eigenvalue weighted by Gasteiger charge is -2.27. The molecule has 1 fully saturated rings. The average Bonchev–Trinajstić information content (AvgIpc) is 3.31. The summed E-state index contributed by atoms with van der Waals surface area (Å²) in [6.45, 7) is 1.59. The first-order chi connectivity index (χ1) is 13.1. The van der Waals surface area contributed by atoms with Gasteiger partial charge in [-0.05, 0) is 12.1 Å². The van der Waals surface area contributed by atoms with Gasteiger partial charge < -0.3 is 15.5 Å². The number of nitrogens with zero attached hydrogens (tertiary/aromatic N) is 5. The van der Waals surface area contributed by atoms with Crippen molar-refractivity contribution >= 4 is 34.7 Å². The van der Waals surface area contributed by atoms with Crippen LogP contribution in [0.15, 0.2) is 36.1 Å². The Hall–Kier alpha value is -3.27. The minimum Gasteiger partial charge on any atom is -0.353 e. The van der Waals surface area contributed by atoms with E-state index in [2.05, 4.69) is 25.7 Å². The van der Waals surface area contributed by atoms with E-state index in [4.69, 9.17) is 0 Å². The molecular formula is C17H17N7O2S. The molecule has 3 aromatic rings. The fourth-order valence-electron chi connectivity index (χ4n) is 2.72. The number of carbonyl (C=O) groups is 2. The number of piperazine rings is 1. The fourth-order valence-corrected chi connectivity index (χ4v) is 3.49. The van der Waals surface area contributed by atoms with Crippen molar-refractivity contribution in [3.05, 3.63) is 41.8 Å². The van der Waals surface area contributed by atoms with E-state index in [0.717, 1.165) is 10.6 Å². The zero-order valence-corrected chi connectivity index (χ0v) is 15.4. The number of aryl methyl sites for hydroxylation is 1. The number of amides is 2. The van der Waals surface area contributed by atoms with Crippen LogP contribution in [0.3, 0.4) is 0 Å². The molecule has 0 aromatic carbocycles. The standard InChI is InChI=1S/C17H17N7O2S/c1-23-8-11(6-20-23)17-22-13(10-27-17)16(26)21-12-2-3-14(19-7-12)24-5-4-18-15(25)9-24/h2-3,6-8,10H,4-5,9H2,1H3,(H,18,25)(H,21,26). The predicted molar refractivity (Wildman–Crippen MR) is 102 cm³/mol. The van der Waals surface area contributed by atoms with Gasteiger partial charge in [0.15, 0.2) is 0 Å². The van der Waals surface area contributed by atoms with Gasteiger partial charge in [0.1, 0.15) is 16.5 Å². The van der Waals surface area contributed by atoms with E-state index in [9.17, 15) is 9.59 Å². The van der Waals surface area contributed by atoms with Crippen LogP contribution in [0, 0.1) is 0 Å². The van der Waals surface area contributed by atoms with Crippen molar-refractivity contribution < 1.29 is 9.59 Å². The van der Waals surface area contributed by atoms with E-state index in [1.54, 1.807) is 34.6 Å². The maximum atomic E-state index is 12.4. The zero-order chi connectivity index (χ0) is 18.8. The molecule has 2 N–H and O–H groups in total. The Balaban J connectivity index is 1.42. The van der Waals surface area contributed by atoms with Crippen LogP contribution in [0.5, 0.6) is 0 Å². The van der Waals surface area contributed by atoms with Crippen molar-refractivity contribution in [3.8, 4) is 10.6 Å². The largest absolute Gasteiger partial charge is 0.353 e. The van der Waals surface area contributed by atoms with E-state index < -0.39 is 0 Å². The lowest BCUT2D eigenvalue weighted by molar-refractivity contribution is -0.120. The van der Waals surface area contributed by atoms with Gasteiger partial charge in [-0.2, -0.15) is 5.10 Å². The van der Waals surface area contributed by atoms with Gasteiger partial charge in [-0.1, -0.05) is 0 Å². The Kier molecular flexibility index (Phi) is 4.55.